The van der Waals surface area contributed by atoms with Crippen LogP contribution in [0.1, 0.15) is 38.9 Å². The van der Waals surface area contributed by atoms with Gasteiger partial charge in [-0.3, -0.25) is 19.3 Å². The average molecular weight is 1240 g/mol. The molecule has 1 aromatic heterocycles. The van der Waals surface area contributed by atoms with Gasteiger partial charge in [-0.15, -0.1) is 0 Å². The number of esters is 2. The quantitative estimate of drug-likeness (QED) is 0.0127. The molecule has 4 heterocycles. The molecule has 9 rings (SSSR count). The summed E-state index contributed by atoms with van der Waals surface area (Å²) in [5.41, 5.74) is 8.59. The Hall–Kier alpha value is -5.96. The summed E-state index contributed by atoms with van der Waals surface area (Å²) in [6.45, 7) is 9.97. The number of hydrogen-bond donors (Lipinski definition) is 2. The van der Waals surface area contributed by atoms with Crippen LogP contribution in [-0.4, -0.2) is 127 Å². The number of H-pyrrole nitrogens is 1. The minimum atomic E-state index is -0.643. The van der Waals surface area contributed by atoms with E-state index in [1.165, 1.54) is 27.2 Å². The van der Waals surface area contributed by atoms with Crippen molar-refractivity contribution in [3.05, 3.63) is 191 Å². The van der Waals surface area contributed by atoms with Gasteiger partial charge in [0.05, 0.1) is 40.0 Å². The van der Waals surface area contributed by atoms with Crippen molar-refractivity contribution in [1.29, 1.82) is 0 Å². The summed E-state index contributed by atoms with van der Waals surface area (Å²) in [6.07, 6.45) is 5.23. The van der Waals surface area contributed by atoms with Crippen molar-refractivity contribution in [1.82, 2.24) is 25.3 Å². The molecule has 0 bridgehead atoms. The summed E-state index contributed by atoms with van der Waals surface area (Å²) < 4.78 is 12.2. The third-order valence-electron chi connectivity index (χ3n) is 12.1. The number of halogens is 2. The molecule has 0 saturated carbocycles. The Morgan fingerprint density at radius 2 is 1.44 bits per heavy atom. The van der Waals surface area contributed by atoms with E-state index in [1.54, 1.807) is 11.1 Å². The van der Waals surface area contributed by atoms with Crippen LogP contribution < -0.4 is 5.32 Å². The smallest absolute Gasteiger partial charge is 0.396 e. The van der Waals surface area contributed by atoms with Gasteiger partial charge >= 0.3 is 11.9 Å². The maximum absolute atomic E-state index is 13.4. The van der Waals surface area contributed by atoms with E-state index >= 15 is 0 Å². The van der Waals surface area contributed by atoms with Gasteiger partial charge in [-0.1, -0.05) is 90.7 Å². The van der Waals surface area contributed by atoms with E-state index in [9.17, 15) is 19.6 Å². The zero-order valence-corrected chi connectivity index (χ0v) is 47.0. The molecule has 0 radical (unpaired) electrons. The first-order chi connectivity index (χ1) is 36.2. The number of hydroxylamine groups is 5. The third-order valence-corrected chi connectivity index (χ3v) is 13.6. The van der Waals surface area contributed by atoms with Crippen LogP contribution in [0.3, 0.4) is 0 Å². The van der Waals surface area contributed by atoms with Crippen molar-refractivity contribution in [2.24, 2.45) is 11.8 Å². The Kier molecular flexibility index (Phi) is 23.3. The second-order valence-electron chi connectivity index (χ2n) is 18.2. The molecule has 17 heteroatoms. The first-order valence-electron chi connectivity index (χ1n) is 24.4. The van der Waals surface area contributed by atoms with E-state index in [4.69, 9.17) is 19.5 Å². The predicted octanol–water partition coefficient (Wildman–Crippen LogP) is 7.55. The number of carbonyl (C=O) groups is 3. The molecular weight excluding hydrogens is 1180 g/mol. The standard InChI is InChI=1S/C33H36N4O2.C12H12INO3.C10H10INO3.C3H6O/c1-24-8-10-25(11-9-24)12-13-26-14-16-27(17-15-26)21-37-32(29(23-39-37)22-36(2)3)33(38)34-19-18-28-20-35-31-7-5-4-6-30(28)31;13-10-3-1-8(2-4-10)5-14-11-9(7-17-14)6-16-12(11)15;1-15-10(13)7-12(14)6-8-2-4-9(11)5-3-8;1-2-3-4/h4-11,14-17,20,29,32,35H,18-19,21-23H2,1-3H3,(H,34,38);1-4,9,11H,5-7H2;2-5,7H,6H2,1H3;2,4H,1,3H2/p+1/b;;12-7-;/t29-,32+;;;/m1.../s1. The molecule has 3 aliphatic rings. The number of aromatic amines is 1. The normalized spacial score (nSPS) is 18.0. The fourth-order valence-electron chi connectivity index (χ4n) is 8.35. The van der Waals surface area contributed by atoms with Crippen LogP contribution in [0.4, 0.5) is 0 Å². The van der Waals surface area contributed by atoms with E-state index in [2.05, 4.69) is 151 Å². The van der Waals surface area contributed by atoms with Crippen molar-refractivity contribution < 1.29 is 43.4 Å². The number of carbonyl (C=O) groups excluding carboxylic acids is 3. The number of aromatic nitrogens is 1. The summed E-state index contributed by atoms with van der Waals surface area (Å²) in [5, 5.41) is 25.5. The molecule has 0 aliphatic carbocycles. The Morgan fingerprint density at radius 3 is 2.05 bits per heavy atom. The minimum Gasteiger partial charge on any atom is -0.623 e. The number of para-hydroxylation sites is 1. The molecule has 75 heavy (non-hydrogen) atoms. The number of nitrogens with zero attached hydrogens (tertiary/aromatic N) is 4. The van der Waals surface area contributed by atoms with Crippen LogP contribution in [0.15, 0.2) is 140 Å². The Labute approximate surface area is 466 Å². The number of fused-ring (bicyclic) bond motifs is 2. The average Bonchev–Trinajstić information content (AvgIpc) is 4.21. The molecule has 3 aliphatic heterocycles. The van der Waals surface area contributed by atoms with Crippen molar-refractivity contribution in [2.45, 2.75) is 45.1 Å². The molecule has 4 N–H and O–H groups in total. The first kappa shape index (κ1) is 58.3. The molecule has 2 unspecified atom stereocenters. The largest absolute Gasteiger partial charge is 0.623 e. The van der Waals surface area contributed by atoms with Gasteiger partial charge in [-0.2, -0.15) is 10.1 Å². The van der Waals surface area contributed by atoms with Gasteiger partial charge in [-0.05, 0) is 150 Å². The van der Waals surface area contributed by atoms with Gasteiger partial charge in [0.2, 0.25) is 5.91 Å². The van der Waals surface area contributed by atoms with E-state index < -0.39 is 5.97 Å². The van der Waals surface area contributed by atoms with Gasteiger partial charge in [-0.25, -0.2) is 9.53 Å². The van der Waals surface area contributed by atoms with E-state index in [1.807, 2.05) is 86.0 Å². The maximum atomic E-state index is 13.4. The number of rotatable bonds is 14. The molecule has 5 aromatic carbocycles. The lowest BCUT2D eigenvalue weighted by atomic mass is 9.99. The summed E-state index contributed by atoms with van der Waals surface area (Å²) in [4.78, 5) is 52.8. The molecule has 15 nitrogen and oxygen atoms in total. The molecule has 3 saturated heterocycles. The molecule has 4 atom stereocenters. The molecule has 0 spiro atoms. The van der Waals surface area contributed by atoms with Gasteiger partial charge in [0.15, 0.2) is 13.2 Å². The SMILES string of the molecule is C=CC[OH2+].COC(=O)/C=[N+](\[O-])Cc1ccc(I)cc1.Cc1ccc(C#Cc2ccc(CN3OC[C@@H](CN(C)C)[C@H]3C(=O)NCCc3c[nH]c4ccccc34)cc2)cc1.O=C1OCC2CON(Cc3ccc(I)cc3)C12. The zero-order valence-electron chi connectivity index (χ0n) is 42.7. The topological polar surface area (TPSA) is 175 Å². The van der Waals surface area contributed by atoms with Gasteiger partial charge in [0, 0.05) is 65.9 Å². The van der Waals surface area contributed by atoms with Crippen LogP contribution >= 0.6 is 45.2 Å². The Balaban J connectivity index is 0.000000207. The molecule has 6 aromatic rings. The van der Waals surface area contributed by atoms with Crippen molar-refractivity contribution >= 4 is 80.1 Å². The van der Waals surface area contributed by atoms with Crippen LogP contribution in [0.5, 0.6) is 0 Å². The minimum absolute atomic E-state index is 0.0137. The number of ether oxygens (including phenoxy) is 2. The highest BCUT2D eigenvalue weighted by molar-refractivity contribution is 14.1. The number of benzene rings is 5. The first-order valence-corrected chi connectivity index (χ1v) is 26.6. The van der Waals surface area contributed by atoms with Crippen LogP contribution in [0, 0.1) is 42.9 Å². The number of amides is 1. The highest BCUT2D eigenvalue weighted by Crippen LogP contribution is 2.30. The van der Waals surface area contributed by atoms with E-state index in [0.717, 1.165) is 56.1 Å². The van der Waals surface area contributed by atoms with Gasteiger partial charge in [0.1, 0.15) is 12.1 Å². The van der Waals surface area contributed by atoms with E-state index in [0.29, 0.717) is 50.8 Å². The highest BCUT2D eigenvalue weighted by Gasteiger charge is 2.47. The number of cyclic esters (lactones) is 1. The van der Waals surface area contributed by atoms with Crippen molar-refractivity contribution in [3.8, 4) is 11.8 Å². The number of aryl methyl sites for hydroxylation is 1. The monoisotopic (exact) mass is 1240 g/mol. The summed E-state index contributed by atoms with van der Waals surface area (Å²) in [5.74, 6) is 5.96. The number of hydrogen-bond acceptors (Lipinski definition) is 11. The molecule has 3 fully saturated rings. The highest BCUT2D eigenvalue weighted by atomic mass is 127. The summed E-state index contributed by atoms with van der Waals surface area (Å²) >= 11 is 4.45. The van der Waals surface area contributed by atoms with Gasteiger partial charge < -0.3 is 35.0 Å². The van der Waals surface area contributed by atoms with E-state index in [-0.39, 0.29) is 42.3 Å². The Morgan fingerprint density at radius 1 is 0.867 bits per heavy atom. The summed E-state index contributed by atoms with van der Waals surface area (Å²) in [7, 11) is 5.30. The second kappa shape index (κ2) is 30.0. The fourth-order valence-corrected chi connectivity index (χ4v) is 9.07. The lowest BCUT2D eigenvalue weighted by molar-refractivity contribution is -0.469. The third kappa shape index (κ3) is 18.4. The van der Waals surface area contributed by atoms with Crippen LogP contribution in [0.25, 0.3) is 10.9 Å². The molecule has 394 valence electrons. The zero-order chi connectivity index (χ0) is 53.7. The van der Waals surface area contributed by atoms with Crippen LogP contribution in [0.2, 0.25) is 0 Å². The predicted molar refractivity (Wildman–Crippen MR) is 308 cm³/mol. The fraction of sp³-hybridized carbons (Fsp3) is 0.310. The Bertz CT molecular complexity index is 2880. The lowest BCUT2D eigenvalue weighted by Crippen LogP contribution is -2.48. The lowest BCUT2D eigenvalue weighted by Gasteiger charge is -2.26. The molecule has 1 amide bonds. The maximum Gasteiger partial charge on any atom is 0.396 e. The number of methoxy groups -OCH3 is 1. The molecular formula is C58H65I2N6O9+. The summed E-state index contributed by atoms with van der Waals surface area (Å²) in [6, 6.07) is 39.8. The van der Waals surface area contributed by atoms with Crippen molar-refractivity contribution in [2.75, 3.05) is 60.7 Å². The second-order valence-corrected chi connectivity index (χ2v) is 20.7. The van der Waals surface area contributed by atoms with Gasteiger partial charge in [0.25, 0.3) is 6.21 Å². The number of nitrogens with one attached hydrogen (secondary N) is 2. The van der Waals surface area contributed by atoms with Crippen molar-refractivity contribution in [3.63, 3.8) is 0 Å². The van der Waals surface area contributed by atoms with Crippen LogP contribution in [-0.2, 0) is 59.6 Å².